The highest BCUT2D eigenvalue weighted by Gasteiger charge is 2.12. The van der Waals surface area contributed by atoms with Crippen LogP contribution in [0.5, 0.6) is 0 Å². The second-order valence-electron chi connectivity index (χ2n) is 1.16. The Morgan fingerprint density at radius 2 is 2.38 bits per heavy atom. The summed E-state index contributed by atoms with van der Waals surface area (Å²) in [4.78, 5) is 9.87. The molecule has 1 heterocycles. The fourth-order valence-corrected chi connectivity index (χ4v) is 0.497. The normalized spacial score (nSPS) is 17.6. The summed E-state index contributed by atoms with van der Waals surface area (Å²) in [5.74, 6) is 0.0756. The van der Waals surface area contributed by atoms with Crippen molar-refractivity contribution in [3.8, 4) is 0 Å². The molecular weight excluding hydrogens is 131 g/mol. The van der Waals surface area contributed by atoms with Crippen LogP contribution in [-0.2, 0) is 14.3 Å². The Labute approximate surface area is 50.8 Å². The van der Waals surface area contributed by atoms with Gasteiger partial charge < -0.3 is 9.47 Å². The van der Waals surface area contributed by atoms with Crippen LogP contribution in [0.4, 0.5) is 0 Å². The minimum absolute atomic E-state index is 0.0417. The first-order valence-corrected chi connectivity index (χ1v) is 2.33. The molecule has 0 atom stereocenters. The fourth-order valence-electron chi connectivity index (χ4n) is 0.353. The summed E-state index contributed by atoms with van der Waals surface area (Å²) < 4.78 is 9.12. The standard InChI is InChI=1S/C4H3ClO3/c5-4-3(1-6)7-2-8-4/h1H,2H2. The Bertz CT molecular complexity index is 140. The SMILES string of the molecule is O=CC1=C(Cl)OCO1. The second-order valence-corrected chi connectivity index (χ2v) is 1.51. The van der Waals surface area contributed by atoms with E-state index in [1.54, 1.807) is 0 Å². The van der Waals surface area contributed by atoms with E-state index < -0.39 is 0 Å². The van der Waals surface area contributed by atoms with Crippen LogP contribution >= 0.6 is 11.6 Å². The first kappa shape index (κ1) is 5.44. The molecule has 0 aromatic rings. The van der Waals surface area contributed by atoms with Gasteiger partial charge in [0.1, 0.15) is 0 Å². The molecule has 0 N–H and O–H groups in total. The van der Waals surface area contributed by atoms with Gasteiger partial charge in [-0.2, -0.15) is 0 Å². The van der Waals surface area contributed by atoms with E-state index in [-0.39, 0.29) is 17.8 Å². The van der Waals surface area contributed by atoms with Crippen molar-refractivity contribution in [3.63, 3.8) is 0 Å². The molecule has 4 heteroatoms. The van der Waals surface area contributed by atoms with E-state index in [0.29, 0.717) is 6.29 Å². The van der Waals surface area contributed by atoms with Gasteiger partial charge in [-0.1, -0.05) is 0 Å². The van der Waals surface area contributed by atoms with Gasteiger partial charge in [0, 0.05) is 0 Å². The van der Waals surface area contributed by atoms with Gasteiger partial charge in [0.2, 0.25) is 17.8 Å². The molecule has 0 aromatic carbocycles. The Kier molecular flexibility index (Phi) is 1.39. The van der Waals surface area contributed by atoms with E-state index in [1.165, 1.54) is 0 Å². The summed E-state index contributed by atoms with van der Waals surface area (Å²) in [6.07, 6.45) is 0.509. The minimum atomic E-state index is 0.0417. The number of rotatable bonds is 1. The number of ether oxygens (including phenoxy) is 2. The minimum Gasteiger partial charge on any atom is -0.449 e. The van der Waals surface area contributed by atoms with Gasteiger partial charge in [-0.25, -0.2) is 0 Å². The fraction of sp³-hybridized carbons (Fsp3) is 0.250. The van der Waals surface area contributed by atoms with Crippen LogP contribution < -0.4 is 0 Å². The zero-order valence-electron chi connectivity index (χ0n) is 3.89. The molecule has 1 aliphatic heterocycles. The highest BCUT2D eigenvalue weighted by molar-refractivity contribution is 6.29. The number of halogens is 1. The number of carbonyl (C=O) groups excluding carboxylic acids is 1. The summed E-state index contributed by atoms with van der Waals surface area (Å²) in [5, 5.41) is 0.0417. The summed E-state index contributed by atoms with van der Waals surface area (Å²) in [7, 11) is 0. The lowest BCUT2D eigenvalue weighted by Crippen LogP contribution is -1.84. The van der Waals surface area contributed by atoms with Gasteiger partial charge in [-0.05, 0) is 11.6 Å². The molecule has 0 amide bonds. The van der Waals surface area contributed by atoms with Crippen LogP contribution in [0.25, 0.3) is 0 Å². The summed E-state index contributed by atoms with van der Waals surface area (Å²) >= 11 is 5.28. The molecule has 1 rings (SSSR count). The maximum Gasteiger partial charge on any atom is 0.236 e. The second kappa shape index (κ2) is 2.05. The van der Waals surface area contributed by atoms with Crippen LogP contribution in [-0.4, -0.2) is 13.1 Å². The molecule has 1 aliphatic rings. The third-order valence-electron chi connectivity index (χ3n) is 0.701. The average Bonchev–Trinajstić information content (AvgIpc) is 2.14. The van der Waals surface area contributed by atoms with Crippen molar-refractivity contribution in [1.82, 2.24) is 0 Å². The number of allylic oxidation sites excluding steroid dienone is 1. The molecular formula is C4H3ClO3. The molecule has 0 saturated heterocycles. The first-order valence-electron chi connectivity index (χ1n) is 1.95. The van der Waals surface area contributed by atoms with Gasteiger partial charge in [-0.15, -0.1) is 0 Å². The van der Waals surface area contributed by atoms with Crippen molar-refractivity contribution >= 4 is 17.9 Å². The van der Waals surface area contributed by atoms with E-state index in [4.69, 9.17) is 11.6 Å². The molecule has 0 fully saturated rings. The van der Waals surface area contributed by atoms with E-state index in [2.05, 4.69) is 9.47 Å². The predicted molar refractivity (Wildman–Crippen MR) is 26.0 cm³/mol. The van der Waals surface area contributed by atoms with Crippen LogP contribution in [0.1, 0.15) is 0 Å². The first-order chi connectivity index (χ1) is 3.84. The molecule has 3 nitrogen and oxygen atoms in total. The van der Waals surface area contributed by atoms with Crippen LogP contribution in [0.15, 0.2) is 11.0 Å². The van der Waals surface area contributed by atoms with Gasteiger partial charge in [0.05, 0.1) is 0 Å². The van der Waals surface area contributed by atoms with Crippen molar-refractivity contribution < 1.29 is 14.3 Å². The van der Waals surface area contributed by atoms with Crippen LogP contribution in [0.2, 0.25) is 0 Å². The zero-order chi connectivity index (χ0) is 5.98. The average molecular weight is 135 g/mol. The molecule has 0 bridgehead atoms. The largest absolute Gasteiger partial charge is 0.449 e. The smallest absolute Gasteiger partial charge is 0.236 e. The molecule has 0 saturated carbocycles. The van der Waals surface area contributed by atoms with Gasteiger partial charge in [-0.3, -0.25) is 4.79 Å². The maximum atomic E-state index is 9.87. The lowest BCUT2D eigenvalue weighted by atomic mass is 10.6. The van der Waals surface area contributed by atoms with Crippen molar-refractivity contribution in [2.45, 2.75) is 0 Å². The highest BCUT2D eigenvalue weighted by atomic mass is 35.5. The Morgan fingerprint density at radius 1 is 1.62 bits per heavy atom. The van der Waals surface area contributed by atoms with Crippen molar-refractivity contribution in [2.75, 3.05) is 6.79 Å². The highest BCUT2D eigenvalue weighted by Crippen LogP contribution is 2.16. The summed E-state index contributed by atoms with van der Waals surface area (Å²) in [6, 6.07) is 0. The Hall–Kier alpha value is -0.700. The molecule has 0 spiro atoms. The maximum absolute atomic E-state index is 9.87. The molecule has 0 aliphatic carbocycles. The quantitative estimate of drug-likeness (QED) is 0.493. The van der Waals surface area contributed by atoms with Gasteiger partial charge >= 0.3 is 0 Å². The van der Waals surface area contributed by atoms with E-state index in [1.807, 2.05) is 0 Å². The Morgan fingerprint density at radius 3 is 2.62 bits per heavy atom. The van der Waals surface area contributed by atoms with Crippen LogP contribution in [0, 0.1) is 0 Å². The molecule has 44 valence electrons. The van der Waals surface area contributed by atoms with Gasteiger partial charge in [0.15, 0.2) is 6.29 Å². The Balaban J connectivity index is 2.72. The number of aldehydes is 1. The summed E-state index contributed by atoms with van der Waals surface area (Å²) in [5.41, 5.74) is 0. The van der Waals surface area contributed by atoms with Gasteiger partial charge in [0.25, 0.3) is 0 Å². The van der Waals surface area contributed by atoms with Crippen molar-refractivity contribution in [3.05, 3.63) is 11.0 Å². The number of carbonyl (C=O) groups is 1. The lowest BCUT2D eigenvalue weighted by molar-refractivity contribution is -0.107. The topological polar surface area (TPSA) is 35.5 Å². The zero-order valence-corrected chi connectivity index (χ0v) is 4.64. The molecule has 0 radical (unpaired) electrons. The molecule has 8 heavy (non-hydrogen) atoms. The van der Waals surface area contributed by atoms with E-state index in [0.717, 1.165) is 0 Å². The molecule has 0 aromatic heterocycles. The van der Waals surface area contributed by atoms with Crippen LogP contribution in [0.3, 0.4) is 0 Å². The van der Waals surface area contributed by atoms with E-state index in [9.17, 15) is 4.79 Å². The summed E-state index contributed by atoms with van der Waals surface area (Å²) in [6.45, 7) is 0.0485. The van der Waals surface area contributed by atoms with Crippen molar-refractivity contribution in [1.29, 1.82) is 0 Å². The molecule has 0 unspecified atom stereocenters. The number of hydrogen-bond acceptors (Lipinski definition) is 3. The van der Waals surface area contributed by atoms with Crippen molar-refractivity contribution in [2.24, 2.45) is 0 Å². The predicted octanol–water partition coefficient (Wildman–Crippen LogP) is 0.597. The van der Waals surface area contributed by atoms with E-state index >= 15 is 0 Å². The number of hydrogen-bond donors (Lipinski definition) is 0. The monoisotopic (exact) mass is 134 g/mol. The third kappa shape index (κ3) is 0.767. The lowest BCUT2D eigenvalue weighted by Gasteiger charge is -1.85. The third-order valence-corrected chi connectivity index (χ3v) is 0.996.